The summed E-state index contributed by atoms with van der Waals surface area (Å²) in [5, 5.41) is 22.8. The monoisotopic (exact) mass is 292 g/mol. The summed E-state index contributed by atoms with van der Waals surface area (Å²) < 4.78 is 3.46. The van der Waals surface area contributed by atoms with Crippen LogP contribution in [0.1, 0.15) is 31.1 Å². The van der Waals surface area contributed by atoms with E-state index in [0.29, 0.717) is 24.6 Å². The molecule has 0 aliphatic heterocycles. The predicted octanol–water partition coefficient (Wildman–Crippen LogP) is 2.30. The van der Waals surface area contributed by atoms with Crippen LogP contribution in [0.2, 0.25) is 0 Å². The smallest absolute Gasteiger partial charge is 0.333 e. The van der Waals surface area contributed by atoms with Crippen LogP contribution in [-0.2, 0) is 6.54 Å². The Labute approximate surface area is 122 Å². The first-order chi connectivity index (χ1) is 9.90. The molecule has 0 saturated carbocycles. The second kappa shape index (κ2) is 5.94. The summed E-state index contributed by atoms with van der Waals surface area (Å²) in [6.45, 7) is 8.68. The molecule has 0 aliphatic carbocycles. The van der Waals surface area contributed by atoms with Crippen molar-refractivity contribution in [2.75, 3.05) is 11.9 Å². The molecule has 0 atom stereocenters. The highest BCUT2D eigenvalue weighted by atomic mass is 16.6. The van der Waals surface area contributed by atoms with Gasteiger partial charge in [-0.3, -0.25) is 14.8 Å². The van der Waals surface area contributed by atoms with Crippen LogP contribution in [-0.4, -0.2) is 31.0 Å². The summed E-state index contributed by atoms with van der Waals surface area (Å²) >= 11 is 0. The zero-order chi connectivity index (χ0) is 15.6. The molecule has 21 heavy (non-hydrogen) atoms. The van der Waals surface area contributed by atoms with Gasteiger partial charge in [-0.1, -0.05) is 0 Å². The van der Waals surface area contributed by atoms with Gasteiger partial charge in [-0.15, -0.1) is 0 Å². The molecule has 0 saturated heterocycles. The van der Waals surface area contributed by atoms with Crippen molar-refractivity contribution < 1.29 is 4.92 Å². The second-order valence-electron chi connectivity index (χ2n) is 5.29. The number of rotatable bonds is 6. The van der Waals surface area contributed by atoms with E-state index >= 15 is 0 Å². The highest BCUT2D eigenvalue weighted by Crippen LogP contribution is 2.30. The second-order valence-corrected chi connectivity index (χ2v) is 5.29. The Balaban J connectivity index is 2.15. The Morgan fingerprint density at radius 3 is 2.67 bits per heavy atom. The average molecular weight is 292 g/mol. The van der Waals surface area contributed by atoms with Gasteiger partial charge >= 0.3 is 5.69 Å². The Morgan fingerprint density at radius 1 is 1.43 bits per heavy atom. The number of hydrogen-bond acceptors (Lipinski definition) is 5. The van der Waals surface area contributed by atoms with Crippen molar-refractivity contribution in [1.29, 1.82) is 0 Å². The number of hydrogen-bond donors (Lipinski definition) is 1. The van der Waals surface area contributed by atoms with E-state index in [9.17, 15) is 10.1 Å². The Kier molecular flexibility index (Phi) is 4.25. The molecule has 2 aromatic heterocycles. The third-order valence-electron chi connectivity index (χ3n) is 3.12. The molecule has 114 valence electrons. The third kappa shape index (κ3) is 3.21. The molecular weight excluding hydrogens is 272 g/mol. The van der Waals surface area contributed by atoms with Gasteiger partial charge in [0, 0.05) is 18.8 Å². The molecule has 2 aromatic rings. The first kappa shape index (κ1) is 15.0. The van der Waals surface area contributed by atoms with Crippen LogP contribution in [0.4, 0.5) is 11.5 Å². The molecule has 8 heteroatoms. The molecular formula is C13H20N6O2. The van der Waals surface area contributed by atoms with Crippen LogP contribution < -0.4 is 5.32 Å². The minimum atomic E-state index is -0.387. The zero-order valence-electron chi connectivity index (χ0n) is 12.7. The van der Waals surface area contributed by atoms with Gasteiger partial charge in [0.25, 0.3) is 0 Å². The van der Waals surface area contributed by atoms with Gasteiger partial charge < -0.3 is 5.32 Å². The van der Waals surface area contributed by atoms with E-state index in [2.05, 4.69) is 15.5 Å². The lowest BCUT2D eigenvalue weighted by molar-refractivity contribution is -0.384. The zero-order valence-corrected chi connectivity index (χ0v) is 12.7. The molecule has 0 aliphatic rings. The summed E-state index contributed by atoms with van der Waals surface area (Å²) in [4.78, 5) is 10.8. The van der Waals surface area contributed by atoms with Gasteiger partial charge in [0.15, 0.2) is 0 Å². The minimum Gasteiger partial charge on any atom is -0.363 e. The maximum absolute atomic E-state index is 11.2. The first-order valence-electron chi connectivity index (χ1n) is 6.86. The van der Waals surface area contributed by atoms with E-state index in [-0.39, 0.29) is 16.7 Å². The summed E-state index contributed by atoms with van der Waals surface area (Å²) in [7, 11) is 0. The van der Waals surface area contributed by atoms with Gasteiger partial charge in [0.05, 0.1) is 17.7 Å². The van der Waals surface area contributed by atoms with E-state index in [0.717, 1.165) is 5.56 Å². The Bertz CT molecular complexity index is 643. The lowest BCUT2D eigenvalue weighted by Gasteiger charge is -2.11. The Hall–Kier alpha value is -2.38. The summed E-state index contributed by atoms with van der Waals surface area (Å²) in [5.41, 5.74) is 1.55. The van der Waals surface area contributed by atoms with Gasteiger partial charge in [-0.2, -0.15) is 10.2 Å². The SMILES string of the molecule is Cc1cnn(CCNc2c([N+](=O)[O-])c(C)nn2C(C)C)c1. The van der Waals surface area contributed by atoms with Crippen molar-refractivity contribution in [3.05, 3.63) is 33.8 Å². The van der Waals surface area contributed by atoms with Crippen molar-refractivity contribution in [3.8, 4) is 0 Å². The van der Waals surface area contributed by atoms with Crippen LogP contribution in [0.3, 0.4) is 0 Å². The number of nitrogens with zero attached hydrogens (tertiary/aromatic N) is 5. The van der Waals surface area contributed by atoms with E-state index < -0.39 is 0 Å². The minimum absolute atomic E-state index is 0.0420. The van der Waals surface area contributed by atoms with Crippen LogP contribution in [0.5, 0.6) is 0 Å². The van der Waals surface area contributed by atoms with E-state index in [4.69, 9.17) is 0 Å². The highest BCUT2D eigenvalue weighted by Gasteiger charge is 2.26. The number of aromatic nitrogens is 4. The van der Waals surface area contributed by atoms with Gasteiger partial charge in [-0.25, -0.2) is 4.68 Å². The topological polar surface area (TPSA) is 90.8 Å². The summed E-state index contributed by atoms with van der Waals surface area (Å²) in [5.74, 6) is 0.455. The van der Waals surface area contributed by atoms with Gasteiger partial charge in [0.1, 0.15) is 5.69 Å². The van der Waals surface area contributed by atoms with Crippen LogP contribution >= 0.6 is 0 Å². The summed E-state index contributed by atoms with van der Waals surface area (Å²) in [6, 6.07) is 0.0480. The number of anilines is 1. The quantitative estimate of drug-likeness (QED) is 0.651. The predicted molar refractivity (Wildman–Crippen MR) is 79.5 cm³/mol. The van der Waals surface area contributed by atoms with Gasteiger partial charge in [0.2, 0.25) is 5.82 Å². The van der Waals surface area contributed by atoms with E-state index in [1.807, 2.05) is 27.0 Å². The molecule has 8 nitrogen and oxygen atoms in total. The molecule has 0 amide bonds. The number of aryl methyl sites for hydroxylation is 2. The normalized spacial score (nSPS) is 11.1. The molecule has 0 aromatic carbocycles. The van der Waals surface area contributed by atoms with Crippen molar-refractivity contribution in [1.82, 2.24) is 19.6 Å². The van der Waals surface area contributed by atoms with Crippen molar-refractivity contribution in [2.24, 2.45) is 0 Å². The fourth-order valence-electron chi connectivity index (χ4n) is 2.17. The molecule has 0 spiro atoms. The van der Waals surface area contributed by atoms with E-state index in [1.165, 1.54) is 0 Å². The van der Waals surface area contributed by atoms with Crippen LogP contribution in [0, 0.1) is 24.0 Å². The van der Waals surface area contributed by atoms with Crippen LogP contribution in [0.25, 0.3) is 0 Å². The fourth-order valence-corrected chi connectivity index (χ4v) is 2.17. The highest BCUT2D eigenvalue weighted by molar-refractivity contribution is 5.59. The van der Waals surface area contributed by atoms with Crippen molar-refractivity contribution >= 4 is 11.5 Å². The maximum Gasteiger partial charge on any atom is 0.333 e. The molecule has 2 heterocycles. The van der Waals surface area contributed by atoms with E-state index in [1.54, 1.807) is 22.5 Å². The molecule has 2 rings (SSSR count). The third-order valence-corrected chi connectivity index (χ3v) is 3.12. The first-order valence-corrected chi connectivity index (χ1v) is 6.86. The van der Waals surface area contributed by atoms with Crippen molar-refractivity contribution in [2.45, 2.75) is 40.3 Å². The molecule has 0 bridgehead atoms. The van der Waals surface area contributed by atoms with Gasteiger partial charge in [-0.05, 0) is 33.3 Å². The lowest BCUT2D eigenvalue weighted by atomic mass is 10.3. The number of nitro groups is 1. The molecule has 0 unspecified atom stereocenters. The van der Waals surface area contributed by atoms with Crippen molar-refractivity contribution in [3.63, 3.8) is 0 Å². The average Bonchev–Trinajstić information content (AvgIpc) is 2.93. The summed E-state index contributed by atoms with van der Waals surface area (Å²) in [6.07, 6.45) is 3.71. The maximum atomic E-state index is 11.2. The van der Waals surface area contributed by atoms with Crippen LogP contribution in [0.15, 0.2) is 12.4 Å². The standard InChI is InChI=1S/C13H20N6O2/c1-9(2)18-13(12(19(20)21)11(4)16-18)14-5-6-17-8-10(3)7-15-17/h7-9,14H,5-6H2,1-4H3. The Morgan fingerprint density at radius 2 is 2.14 bits per heavy atom. The lowest BCUT2D eigenvalue weighted by Crippen LogP contribution is -2.15. The molecule has 1 N–H and O–H groups in total. The fraction of sp³-hybridized carbons (Fsp3) is 0.538. The number of nitrogens with one attached hydrogen (secondary N) is 1. The molecule has 0 fully saturated rings. The molecule has 0 radical (unpaired) electrons. The largest absolute Gasteiger partial charge is 0.363 e.